The predicted molar refractivity (Wildman–Crippen MR) is 71.6 cm³/mol. The fraction of sp³-hybridized carbons (Fsp3) is 0.643. The van der Waals surface area contributed by atoms with Crippen molar-refractivity contribution in [3.63, 3.8) is 0 Å². The average Bonchev–Trinajstić information content (AvgIpc) is 2.14. The molecule has 0 rings (SSSR count). The van der Waals surface area contributed by atoms with E-state index in [9.17, 15) is 0 Å². The van der Waals surface area contributed by atoms with Crippen LogP contribution in [0.4, 0.5) is 0 Å². The van der Waals surface area contributed by atoms with Crippen LogP contribution < -0.4 is 0 Å². The van der Waals surface area contributed by atoms with Crippen molar-refractivity contribution >= 4 is 5.71 Å². The summed E-state index contributed by atoms with van der Waals surface area (Å²) in [7, 11) is 0. The Labute approximate surface area is 95.8 Å². The molecule has 0 saturated heterocycles. The van der Waals surface area contributed by atoms with Gasteiger partial charge in [0.2, 0.25) is 0 Å². The summed E-state index contributed by atoms with van der Waals surface area (Å²) in [4.78, 5) is 0. The monoisotopic (exact) mass is 209 g/mol. The summed E-state index contributed by atoms with van der Waals surface area (Å²) in [6.45, 7) is 14.5. The van der Waals surface area contributed by atoms with Gasteiger partial charge in [0.1, 0.15) is 0 Å². The van der Waals surface area contributed by atoms with E-state index in [1.165, 1.54) is 5.57 Å². The molecule has 0 amide bonds. The Kier molecular flexibility index (Phi) is 10.7. The second-order valence-electron chi connectivity index (χ2n) is 4.08. The van der Waals surface area contributed by atoms with Gasteiger partial charge in [0.15, 0.2) is 0 Å². The molecule has 0 aliphatic heterocycles. The molecule has 0 aromatic heterocycles. The second kappa shape index (κ2) is 9.70. The Balaban J connectivity index is 0. The highest BCUT2D eigenvalue weighted by Gasteiger charge is 1.99. The largest absolute Gasteiger partial charge is 0.306 e. The van der Waals surface area contributed by atoms with Crippen molar-refractivity contribution in [1.82, 2.24) is 0 Å². The minimum absolute atomic E-state index is 0.540. The maximum absolute atomic E-state index is 7.30. The van der Waals surface area contributed by atoms with Gasteiger partial charge in [-0.05, 0) is 30.4 Å². The summed E-state index contributed by atoms with van der Waals surface area (Å²) in [6, 6.07) is 0. The molecule has 1 heteroatoms. The molecule has 1 nitrogen and oxygen atoms in total. The van der Waals surface area contributed by atoms with Gasteiger partial charge in [0.05, 0.1) is 0 Å². The van der Waals surface area contributed by atoms with Gasteiger partial charge in [-0.25, -0.2) is 0 Å². The minimum atomic E-state index is 0.540. The molecule has 0 spiro atoms. The number of hydrogen-bond donors (Lipinski definition) is 1. The Morgan fingerprint density at radius 1 is 1.00 bits per heavy atom. The third-order valence-corrected chi connectivity index (χ3v) is 1.72. The standard InChI is InChI=1S/C12H21N.C2H6/c1-9(2)8-12(10(3)4)7-6-11(5)13;1-2/h6-10,13H,1-5H3;1-2H3/b7-6-,12-8+,13-11?;. The topological polar surface area (TPSA) is 23.9 Å². The molecular weight excluding hydrogens is 182 g/mol. The van der Waals surface area contributed by atoms with Gasteiger partial charge in [-0.1, -0.05) is 53.7 Å². The molecule has 0 aromatic rings. The lowest BCUT2D eigenvalue weighted by atomic mass is 9.98. The van der Waals surface area contributed by atoms with E-state index in [1.54, 1.807) is 6.92 Å². The van der Waals surface area contributed by atoms with Gasteiger partial charge in [-0.3, -0.25) is 0 Å². The maximum Gasteiger partial charge on any atom is 0.0283 e. The first-order chi connectivity index (χ1) is 6.93. The number of hydrogen-bond acceptors (Lipinski definition) is 1. The molecule has 0 saturated carbocycles. The van der Waals surface area contributed by atoms with Crippen molar-refractivity contribution in [2.24, 2.45) is 11.8 Å². The van der Waals surface area contributed by atoms with Crippen LogP contribution >= 0.6 is 0 Å². The highest BCUT2D eigenvalue weighted by Crippen LogP contribution is 2.14. The SMILES string of the molecule is CC.CC(=N)/C=C\C(=C/C(C)C)C(C)C. The van der Waals surface area contributed by atoms with E-state index >= 15 is 0 Å². The van der Waals surface area contributed by atoms with E-state index in [2.05, 4.69) is 33.8 Å². The van der Waals surface area contributed by atoms with Crippen molar-refractivity contribution in [2.75, 3.05) is 0 Å². The van der Waals surface area contributed by atoms with Crippen LogP contribution in [-0.4, -0.2) is 5.71 Å². The first-order valence-electron chi connectivity index (χ1n) is 5.88. The molecule has 0 bridgehead atoms. The van der Waals surface area contributed by atoms with Crippen molar-refractivity contribution in [2.45, 2.75) is 48.5 Å². The third kappa shape index (κ3) is 11.1. The van der Waals surface area contributed by atoms with Crippen LogP contribution in [0.2, 0.25) is 0 Å². The molecule has 88 valence electrons. The van der Waals surface area contributed by atoms with Crippen molar-refractivity contribution in [3.05, 3.63) is 23.8 Å². The van der Waals surface area contributed by atoms with Crippen LogP contribution in [0.15, 0.2) is 23.8 Å². The predicted octanol–water partition coefficient (Wildman–Crippen LogP) is 4.85. The number of rotatable bonds is 4. The smallest absolute Gasteiger partial charge is 0.0283 e. The van der Waals surface area contributed by atoms with Gasteiger partial charge in [-0.2, -0.15) is 0 Å². The Bertz CT molecular complexity index is 219. The lowest BCUT2D eigenvalue weighted by molar-refractivity contribution is 0.749. The van der Waals surface area contributed by atoms with E-state index in [-0.39, 0.29) is 0 Å². The van der Waals surface area contributed by atoms with Gasteiger partial charge in [0, 0.05) is 5.71 Å². The van der Waals surface area contributed by atoms with Crippen molar-refractivity contribution in [3.8, 4) is 0 Å². The summed E-state index contributed by atoms with van der Waals surface area (Å²) in [5.41, 5.74) is 1.93. The minimum Gasteiger partial charge on any atom is -0.306 e. The summed E-state index contributed by atoms with van der Waals surface area (Å²) in [5, 5.41) is 7.30. The van der Waals surface area contributed by atoms with Crippen LogP contribution in [0.1, 0.15) is 48.5 Å². The molecule has 1 N–H and O–H groups in total. The fourth-order valence-corrected chi connectivity index (χ4v) is 1.05. The normalized spacial score (nSPS) is 11.9. The van der Waals surface area contributed by atoms with Crippen LogP contribution in [-0.2, 0) is 0 Å². The van der Waals surface area contributed by atoms with E-state index in [1.807, 2.05) is 26.0 Å². The first-order valence-corrected chi connectivity index (χ1v) is 5.88. The number of nitrogens with one attached hydrogen (secondary N) is 1. The Morgan fingerprint density at radius 3 is 1.73 bits per heavy atom. The van der Waals surface area contributed by atoms with Gasteiger partial charge >= 0.3 is 0 Å². The van der Waals surface area contributed by atoms with Crippen molar-refractivity contribution in [1.29, 1.82) is 5.41 Å². The summed E-state index contributed by atoms with van der Waals surface area (Å²) in [5.74, 6) is 1.12. The lowest BCUT2D eigenvalue weighted by Gasteiger charge is -2.08. The molecular formula is C14H27N. The molecule has 0 heterocycles. The Hall–Kier alpha value is -0.850. The second-order valence-corrected chi connectivity index (χ2v) is 4.08. The van der Waals surface area contributed by atoms with Gasteiger partial charge < -0.3 is 5.41 Å². The summed E-state index contributed by atoms with van der Waals surface area (Å²) < 4.78 is 0. The molecule has 0 radical (unpaired) electrons. The zero-order valence-electron chi connectivity index (χ0n) is 11.4. The lowest BCUT2D eigenvalue weighted by Crippen LogP contribution is -1.94. The summed E-state index contributed by atoms with van der Waals surface area (Å²) >= 11 is 0. The highest BCUT2D eigenvalue weighted by molar-refractivity contribution is 5.90. The van der Waals surface area contributed by atoms with E-state index in [4.69, 9.17) is 5.41 Å². The molecule has 0 aliphatic rings. The van der Waals surface area contributed by atoms with E-state index in [0.717, 1.165) is 0 Å². The summed E-state index contributed by atoms with van der Waals surface area (Å²) in [6.07, 6.45) is 6.16. The molecule has 0 aliphatic carbocycles. The van der Waals surface area contributed by atoms with Crippen LogP contribution in [0, 0.1) is 17.2 Å². The molecule has 15 heavy (non-hydrogen) atoms. The number of allylic oxidation sites excluding steroid dienone is 4. The first kappa shape index (κ1) is 16.6. The van der Waals surface area contributed by atoms with E-state index in [0.29, 0.717) is 17.5 Å². The van der Waals surface area contributed by atoms with Crippen LogP contribution in [0.25, 0.3) is 0 Å². The molecule has 0 unspecified atom stereocenters. The molecule has 0 aromatic carbocycles. The third-order valence-electron chi connectivity index (χ3n) is 1.72. The fourth-order valence-electron chi connectivity index (χ4n) is 1.05. The zero-order valence-corrected chi connectivity index (χ0v) is 11.4. The highest BCUT2D eigenvalue weighted by atomic mass is 14.4. The maximum atomic E-state index is 7.30. The van der Waals surface area contributed by atoms with Gasteiger partial charge in [-0.15, -0.1) is 0 Å². The van der Waals surface area contributed by atoms with Gasteiger partial charge in [0.25, 0.3) is 0 Å². The quantitative estimate of drug-likeness (QED) is 0.505. The van der Waals surface area contributed by atoms with Crippen LogP contribution in [0.3, 0.4) is 0 Å². The van der Waals surface area contributed by atoms with Crippen LogP contribution in [0.5, 0.6) is 0 Å². The Morgan fingerprint density at radius 2 is 1.47 bits per heavy atom. The van der Waals surface area contributed by atoms with Crippen molar-refractivity contribution < 1.29 is 0 Å². The zero-order chi connectivity index (χ0) is 12.4. The molecule has 0 fully saturated rings. The molecule has 0 atom stereocenters. The average molecular weight is 209 g/mol. The van der Waals surface area contributed by atoms with E-state index < -0.39 is 0 Å².